The van der Waals surface area contributed by atoms with Crippen LogP contribution < -0.4 is 4.18 Å². The lowest BCUT2D eigenvalue weighted by atomic mass is 10.1. The Morgan fingerprint density at radius 2 is 2.12 bits per heavy atom. The zero-order valence-corrected chi connectivity index (χ0v) is 14.7. The summed E-state index contributed by atoms with van der Waals surface area (Å²) in [7, 11) is -0.622. The van der Waals surface area contributed by atoms with Crippen LogP contribution in [0.3, 0.4) is 0 Å². The van der Waals surface area contributed by atoms with Crippen molar-refractivity contribution in [2.75, 3.05) is 20.6 Å². The average Bonchev–Trinajstić information content (AvgIpc) is 3.13. The van der Waals surface area contributed by atoms with Crippen molar-refractivity contribution < 1.29 is 17.2 Å². The zero-order chi connectivity index (χ0) is 18.0. The van der Waals surface area contributed by atoms with Crippen molar-refractivity contribution >= 4 is 21.3 Å². The second-order valence-electron chi connectivity index (χ2n) is 5.98. The fourth-order valence-electron chi connectivity index (χ4n) is 2.61. The molecule has 0 fully saturated rings. The SMILES string of the molecule is CN(C)CCc1c[nH]c2cc(OS(=O)(=O)O)c(Cn3cncn3)cc12. The number of rotatable bonds is 7. The highest BCUT2D eigenvalue weighted by molar-refractivity contribution is 7.81. The van der Waals surface area contributed by atoms with Crippen molar-refractivity contribution in [1.82, 2.24) is 24.6 Å². The first-order valence-electron chi connectivity index (χ1n) is 7.59. The van der Waals surface area contributed by atoms with Crippen molar-refractivity contribution in [3.8, 4) is 5.75 Å². The molecule has 0 aliphatic rings. The van der Waals surface area contributed by atoms with Crippen LogP contribution in [0.25, 0.3) is 10.9 Å². The molecule has 0 atom stereocenters. The summed E-state index contributed by atoms with van der Waals surface area (Å²) in [5, 5.41) is 4.99. The van der Waals surface area contributed by atoms with Crippen molar-refractivity contribution in [2.45, 2.75) is 13.0 Å². The second kappa shape index (κ2) is 6.82. The third-order valence-corrected chi connectivity index (χ3v) is 4.16. The minimum atomic E-state index is -4.63. The van der Waals surface area contributed by atoms with Crippen LogP contribution in [0.4, 0.5) is 0 Å². The van der Waals surface area contributed by atoms with Gasteiger partial charge in [0.1, 0.15) is 12.7 Å². The molecule has 1 aromatic carbocycles. The Bertz CT molecular complexity index is 963. The topological polar surface area (TPSA) is 113 Å². The van der Waals surface area contributed by atoms with Crippen molar-refractivity contribution in [3.05, 3.63) is 42.1 Å². The Balaban J connectivity index is 2.03. The van der Waals surface area contributed by atoms with Gasteiger partial charge in [-0.15, -0.1) is 0 Å². The van der Waals surface area contributed by atoms with Crippen LogP contribution >= 0.6 is 0 Å². The van der Waals surface area contributed by atoms with Crippen LogP contribution in [0.15, 0.2) is 31.0 Å². The molecule has 0 aliphatic heterocycles. The van der Waals surface area contributed by atoms with Crippen molar-refractivity contribution in [2.24, 2.45) is 0 Å². The Hall–Kier alpha value is -2.43. The van der Waals surface area contributed by atoms with Gasteiger partial charge < -0.3 is 14.1 Å². The van der Waals surface area contributed by atoms with Crippen LogP contribution in [0, 0.1) is 0 Å². The summed E-state index contributed by atoms with van der Waals surface area (Å²) in [4.78, 5) is 9.08. The fraction of sp³-hybridized carbons (Fsp3) is 0.333. The van der Waals surface area contributed by atoms with E-state index in [0.29, 0.717) is 5.56 Å². The van der Waals surface area contributed by atoms with Gasteiger partial charge in [-0.1, -0.05) is 0 Å². The molecule has 9 nitrogen and oxygen atoms in total. The summed E-state index contributed by atoms with van der Waals surface area (Å²) in [6.07, 6.45) is 5.64. The molecular formula is C15H19N5O4S. The first kappa shape index (κ1) is 17.4. The van der Waals surface area contributed by atoms with Gasteiger partial charge in [0.2, 0.25) is 0 Å². The van der Waals surface area contributed by atoms with E-state index in [1.807, 2.05) is 26.4 Å². The van der Waals surface area contributed by atoms with Gasteiger partial charge in [0.25, 0.3) is 0 Å². The molecule has 2 aromatic heterocycles. The lowest BCUT2D eigenvalue weighted by Crippen LogP contribution is -2.14. The maximum Gasteiger partial charge on any atom is 0.446 e. The third-order valence-electron chi connectivity index (χ3n) is 3.77. The number of nitrogens with zero attached hydrogens (tertiary/aromatic N) is 4. The van der Waals surface area contributed by atoms with E-state index in [1.165, 1.54) is 12.7 Å². The van der Waals surface area contributed by atoms with Crippen molar-refractivity contribution in [3.63, 3.8) is 0 Å². The Labute approximate surface area is 145 Å². The molecule has 0 saturated heterocycles. The lowest BCUT2D eigenvalue weighted by Gasteiger charge is -2.11. The first-order chi connectivity index (χ1) is 11.8. The van der Waals surface area contributed by atoms with E-state index in [9.17, 15) is 8.42 Å². The summed E-state index contributed by atoms with van der Waals surface area (Å²) in [6, 6.07) is 3.41. The number of benzene rings is 1. The Kier molecular flexibility index (Phi) is 4.75. The van der Waals surface area contributed by atoms with E-state index in [1.54, 1.807) is 10.7 Å². The molecule has 0 spiro atoms. The molecule has 2 heterocycles. The van der Waals surface area contributed by atoms with Crippen LogP contribution in [0.2, 0.25) is 0 Å². The molecule has 0 bridgehead atoms. The van der Waals surface area contributed by atoms with Crippen molar-refractivity contribution in [1.29, 1.82) is 0 Å². The highest BCUT2D eigenvalue weighted by atomic mass is 32.3. The minimum Gasteiger partial charge on any atom is -0.361 e. The maximum absolute atomic E-state index is 11.2. The molecule has 25 heavy (non-hydrogen) atoms. The van der Waals surface area contributed by atoms with E-state index in [2.05, 4.69) is 20.0 Å². The van der Waals surface area contributed by atoms with Crippen LogP contribution in [-0.4, -0.2) is 58.3 Å². The largest absolute Gasteiger partial charge is 0.446 e. The molecule has 10 heteroatoms. The summed E-state index contributed by atoms with van der Waals surface area (Å²) >= 11 is 0. The molecular weight excluding hydrogens is 346 g/mol. The molecule has 0 saturated carbocycles. The minimum absolute atomic E-state index is 0.0477. The van der Waals surface area contributed by atoms with Gasteiger partial charge in [-0.2, -0.15) is 13.5 Å². The molecule has 0 amide bonds. The lowest BCUT2D eigenvalue weighted by molar-refractivity contribution is 0.384. The highest BCUT2D eigenvalue weighted by Crippen LogP contribution is 2.29. The number of aromatic nitrogens is 4. The average molecular weight is 365 g/mol. The number of H-pyrrole nitrogens is 1. The summed E-state index contributed by atoms with van der Waals surface area (Å²) < 4.78 is 37.6. The summed E-state index contributed by atoms with van der Waals surface area (Å²) in [5.74, 6) is 0.0477. The van der Waals surface area contributed by atoms with Gasteiger partial charge in [-0.3, -0.25) is 4.55 Å². The molecule has 0 aliphatic carbocycles. The Morgan fingerprint density at radius 3 is 2.76 bits per heavy atom. The van der Waals surface area contributed by atoms with Crippen LogP contribution in [0.5, 0.6) is 5.75 Å². The zero-order valence-electron chi connectivity index (χ0n) is 13.9. The predicted molar refractivity (Wildman–Crippen MR) is 91.9 cm³/mol. The third kappa shape index (κ3) is 4.35. The number of hydrogen-bond acceptors (Lipinski definition) is 6. The summed E-state index contributed by atoms with van der Waals surface area (Å²) in [6.45, 7) is 1.15. The van der Waals surface area contributed by atoms with E-state index in [-0.39, 0.29) is 12.3 Å². The normalized spacial score (nSPS) is 12.2. The first-order valence-corrected chi connectivity index (χ1v) is 8.95. The maximum atomic E-state index is 11.2. The van der Waals surface area contributed by atoms with Crippen LogP contribution in [0.1, 0.15) is 11.1 Å². The monoisotopic (exact) mass is 365 g/mol. The van der Waals surface area contributed by atoms with Gasteiger partial charge in [0.15, 0.2) is 5.75 Å². The van der Waals surface area contributed by atoms with Gasteiger partial charge in [0, 0.05) is 35.3 Å². The quantitative estimate of drug-likeness (QED) is 0.603. The van der Waals surface area contributed by atoms with Crippen LogP contribution in [-0.2, 0) is 23.4 Å². The van der Waals surface area contributed by atoms with E-state index >= 15 is 0 Å². The smallest absolute Gasteiger partial charge is 0.361 e. The number of nitrogens with one attached hydrogen (secondary N) is 1. The van der Waals surface area contributed by atoms with E-state index in [0.717, 1.165) is 29.4 Å². The summed E-state index contributed by atoms with van der Waals surface area (Å²) in [5.41, 5.74) is 2.41. The number of likely N-dealkylation sites (N-methyl/N-ethyl adjacent to an activating group) is 1. The number of aromatic amines is 1. The van der Waals surface area contributed by atoms with Gasteiger partial charge in [0.05, 0.1) is 6.54 Å². The second-order valence-corrected chi connectivity index (χ2v) is 7.00. The molecule has 3 rings (SSSR count). The standard InChI is InChI=1S/C15H19N5O4S/c1-19(2)4-3-11-7-17-14-6-15(24-25(21,22)23)12(5-13(11)14)8-20-10-16-9-18-20/h5-7,9-10,17H,3-4,8H2,1-2H3,(H,21,22,23). The van der Waals surface area contributed by atoms with E-state index in [4.69, 9.17) is 8.74 Å². The van der Waals surface area contributed by atoms with Gasteiger partial charge >= 0.3 is 10.4 Å². The molecule has 0 unspecified atom stereocenters. The molecule has 134 valence electrons. The number of hydrogen-bond donors (Lipinski definition) is 2. The van der Waals surface area contributed by atoms with E-state index < -0.39 is 10.4 Å². The Morgan fingerprint density at radius 1 is 1.32 bits per heavy atom. The fourth-order valence-corrected chi connectivity index (χ4v) is 2.99. The predicted octanol–water partition coefficient (Wildman–Crippen LogP) is 1.09. The highest BCUT2D eigenvalue weighted by Gasteiger charge is 2.16. The molecule has 0 radical (unpaired) electrons. The van der Waals surface area contributed by atoms with Gasteiger partial charge in [-0.05, 0) is 32.1 Å². The van der Waals surface area contributed by atoms with Gasteiger partial charge in [-0.25, -0.2) is 9.67 Å². The number of fused-ring (bicyclic) bond motifs is 1. The molecule has 3 aromatic rings. The molecule has 2 N–H and O–H groups in total.